The highest BCUT2D eigenvalue weighted by molar-refractivity contribution is 6.31. The first kappa shape index (κ1) is 14.5. The van der Waals surface area contributed by atoms with Gasteiger partial charge in [-0.05, 0) is 25.1 Å². The molecule has 0 aliphatic carbocycles. The Morgan fingerprint density at radius 1 is 1.14 bits per heavy atom. The lowest BCUT2D eigenvalue weighted by Crippen LogP contribution is -1.99. The number of aryl methyl sites for hydroxylation is 2. The van der Waals surface area contributed by atoms with Crippen LogP contribution >= 0.6 is 11.6 Å². The minimum absolute atomic E-state index is 0.0446. The fourth-order valence-electron chi connectivity index (χ4n) is 1.94. The van der Waals surface area contributed by atoms with E-state index in [0.717, 1.165) is 5.69 Å². The molecule has 0 radical (unpaired) electrons. The van der Waals surface area contributed by atoms with Crippen LogP contribution in [-0.2, 0) is 0 Å². The van der Waals surface area contributed by atoms with Crippen LogP contribution in [0.3, 0.4) is 0 Å². The first-order valence-corrected chi connectivity index (χ1v) is 6.89. The van der Waals surface area contributed by atoms with E-state index in [2.05, 4.69) is 20.3 Å². The second-order valence-electron chi connectivity index (χ2n) is 4.72. The molecule has 0 aliphatic rings. The minimum atomic E-state index is -0.468. The highest BCUT2D eigenvalue weighted by Crippen LogP contribution is 2.23. The number of anilines is 2. The summed E-state index contributed by atoms with van der Waals surface area (Å²) in [4.78, 5) is 12.9. The third-order valence-corrected chi connectivity index (χ3v) is 3.18. The molecule has 2 heterocycles. The van der Waals surface area contributed by atoms with Gasteiger partial charge < -0.3 is 9.73 Å². The second-order valence-corrected chi connectivity index (χ2v) is 5.13. The second kappa shape index (κ2) is 5.73. The van der Waals surface area contributed by atoms with Crippen molar-refractivity contribution in [3.63, 3.8) is 0 Å². The van der Waals surface area contributed by atoms with Crippen molar-refractivity contribution in [2.24, 2.45) is 0 Å². The SMILES string of the molecule is Cc1cc(Nc2ccc(F)c(Cl)c2)nc(-c2coc(C)n2)n1. The van der Waals surface area contributed by atoms with Gasteiger partial charge in [-0.2, -0.15) is 0 Å². The van der Waals surface area contributed by atoms with Gasteiger partial charge in [0.05, 0.1) is 5.02 Å². The van der Waals surface area contributed by atoms with Gasteiger partial charge in [0, 0.05) is 24.4 Å². The Bertz CT molecular complexity index is 834. The van der Waals surface area contributed by atoms with E-state index in [1.807, 2.05) is 6.92 Å². The molecule has 22 heavy (non-hydrogen) atoms. The Labute approximate surface area is 131 Å². The van der Waals surface area contributed by atoms with E-state index in [-0.39, 0.29) is 5.02 Å². The van der Waals surface area contributed by atoms with Crippen LogP contribution in [0.1, 0.15) is 11.6 Å². The van der Waals surface area contributed by atoms with Gasteiger partial charge in [-0.3, -0.25) is 0 Å². The molecule has 0 aliphatic heterocycles. The van der Waals surface area contributed by atoms with Gasteiger partial charge in [0.2, 0.25) is 0 Å². The number of oxazole rings is 1. The molecule has 1 aromatic carbocycles. The summed E-state index contributed by atoms with van der Waals surface area (Å²) < 4.78 is 18.4. The summed E-state index contributed by atoms with van der Waals surface area (Å²) in [5, 5.41) is 3.11. The van der Waals surface area contributed by atoms with Crippen molar-refractivity contribution in [3.8, 4) is 11.5 Å². The maximum atomic E-state index is 13.2. The van der Waals surface area contributed by atoms with E-state index in [9.17, 15) is 4.39 Å². The number of nitrogens with zero attached hydrogens (tertiary/aromatic N) is 3. The molecule has 5 nitrogen and oxygen atoms in total. The van der Waals surface area contributed by atoms with Crippen molar-refractivity contribution in [2.45, 2.75) is 13.8 Å². The van der Waals surface area contributed by atoms with Crippen LogP contribution in [0.4, 0.5) is 15.9 Å². The third kappa shape index (κ3) is 3.07. The smallest absolute Gasteiger partial charge is 0.191 e. The molecule has 2 aromatic heterocycles. The molecule has 0 saturated heterocycles. The van der Waals surface area contributed by atoms with Gasteiger partial charge in [-0.1, -0.05) is 11.6 Å². The van der Waals surface area contributed by atoms with E-state index >= 15 is 0 Å². The van der Waals surface area contributed by atoms with E-state index in [1.54, 1.807) is 19.1 Å². The molecule has 3 rings (SSSR count). The molecule has 0 unspecified atom stereocenters. The Kier molecular flexibility index (Phi) is 3.77. The zero-order valence-corrected chi connectivity index (χ0v) is 12.6. The van der Waals surface area contributed by atoms with Crippen molar-refractivity contribution in [3.05, 3.63) is 53.0 Å². The lowest BCUT2D eigenvalue weighted by Gasteiger charge is -2.08. The fourth-order valence-corrected chi connectivity index (χ4v) is 2.12. The average molecular weight is 319 g/mol. The number of aromatic nitrogens is 3. The Balaban J connectivity index is 1.93. The third-order valence-electron chi connectivity index (χ3n) is 2.89. The molecule has 0 fully saturated rings. The van der Waals surface area contributed by atoms with Crippen molar-refractivity contribution >= 4 is 23.1 Å². The molecular weight excluding hydrogens is 307 g/mol. The highest BCUT2D eigenvalue weighted by Gasteiger charge is 2.10. The van der Waals surface area contributed by atoms with Crippen LogP contribution in [0.15, 0.2) is 34.9 Å². The predicted octanol–water partition coefficient (Wildman–Crippen LogP) is 4.28. The fraction of sp³-hybridized carbons (Fsp3) is 0.133. The maximum absolute atomic E-state index is 13.2. The molecule has 0 spiro atoms. The van der Waals surface area contributed by atoms with E-state index < -0.39 is 5.82 Å². The molecule has 1 N–H and O–H groups in total. The van der Waals surface area contributed by atoms with Gasteiger partial charge in [-0.15, -0.1) is 0 Å². The first-order chi connectivity index (χ1) is 10.5. The zero-order chi connectivity index (χ0) is 15.7. The predicted molar refractivity (Wildman–Crippen MR) is 81.7 cm³/mol. The number of halogens is 2. The molecule has 0 saturated carbocycles. The quantitative estimate of drug-likeness (QED) is 0.780. The summed E-state index contributed by atoms with van der Waals surface area (Å²) >= 11 is 5.77. The lowest BCUT2D eigenvalue weighted by atomic mass is 10.3. The van der Waals surface area contributed by atoms with E-state index in [0.29, 0.717) is 28.9 Å². The van der Waals surface area contributed by atoms with Crippen molar-refractivity contribution in [1.82, 2.24) is 15.0 Å². The summed E-state index contributed by atoms with van der Waals surface area (Å²) in [6.45, 7) is 3.60. The molecule has 0 bridgehead atoms. The number of nitrogens with one attached hydrogen (secondary N) is 1. The summed E-state index contributed by atoms with van der Waals surface area (Å²) in [5.41, 5.74) is 1.95. The van der Waals surface area contributed by atoms with Gasteiger partial charge >= 0.3 is 0 Å². The number of hydrogen-bond acceptors (Lipinski definition) is 5. The largest absolute Gasteiger partial charge is 0.449 e. The van der Waals surface area contributed by atoms with Gasteiger partial charge in [0.15, 0.2) is 11.7 Å². The van der Waals surface area contributed by atoms with Gasteiger partial charge in [0.25, 0.3) is 0 Å². The molecule has 3 aromatic rings. The molecule has 7 heteroatoms. The van der Waals surface area contributed by atoms with E-state index in [1.165, 1.54) is 18.4 Å². The van der Waals surface area contributed by atoms with Crippen LogP contribution in [0.5, 0.6) is 0 Å². The Morgan fingerprint density at radius 2 is 1.95 bits per heavy atom. The number of benzene rings is 1. The van der Waals surface area contributed by atoms with Crippen LogP contribution < -0.4 is 5.32 Å². The van der Waals surface area contributed by atoms with E-state index in [4.69, 9.17) is 16.0 Å². The Hall–Kier alpha value is -2.47. The Morgan fingerprint density at radius 3 is 2.64 bits per heavy atom. The summed E-state index contributed by atoms with van der Waals surface area (Å²) in [7, 11) is 0. The lowest BCUT2D eigenvalue weighted by molar-refractivity contribution is 0.521. The number of hydrogen-bond donors (Lipinski definition) is 1. The monoisotopic (exact) mass is 318 g/mol. The van der Waals surface area contributed by atoms with Crippen molar-refractivity contribution in [2.75, 3.05) is 5.32 Å². The highest BCUT2D eigenvalue weighted by atomic mass is 35.5. The zero-order valence-electron chi connectivity index (χ0n) is 11.9. The standard InChI is InChI=1S/C15H12ClFN4O/c1-8-5-14(20-10-3-4-12(17)11(16)6-10)21-15(18-8)13-7-22-9(2)19-13/h3-7H,1-2H3,(H,18,20,21). The number of rotatable bonds is 3. The summed E-state index contributed by atoms with van der Waals surface area (Å²) in [6, 6.07) is 6.14. The van der Waals surface area contributed by atoms with Crippen LogP contribution in [0, 0.1) is 19.7 Å². The molecule has 0 atom stereocenters. The molecular formula is C15H12ClFN4O. The minimum Gasteiger partial charge on any atom is -0.449 e. The van der Waals surface area contributed by atoms with Crippen molar-refractivity contribution in [1.29, 1.82) is 0 Å². The summed E-state index contributed by atoms with van der Waals surface area (Å²) in [6.07, 6.45) is 1.50. The maximum Gasteiger partial charge on any atom is 0.191 e. The molecule has 112 valence electrons. The van der Waals surface area contributed by atoms with Crippen LogP contribution in [0.2, 0.25) is 5.02 Å². The van der Waals surface area contributed by atoms with Crippen molar-refractivity contribution < 1.29 is 8.81 Å². The van der Waals surface area contributed by atoms with Crippen LogP contribution in [0.25, 0.3) is 11.5 Å². The molecule has 0 amide bonds. The summed E-state index contributed by atoms with van der Waals surface area (Å²) in [5.74, 6) is 1.09. The topological polar surface area (TPSA) is 63.8 Å². The van der Waals surface area contributed by atoms with Crippen LogP contribution in [-0.4, -0.2) is 15.0 Å². The first-order valence-electron chi connectivity index (χ1n) is 6.51. The van der Waals surface area contributed by atoms with Gasteiger partial charge in [0.1, 0.15) is 23.6 Å². The van der Waals surface area contributed by atoms with Gasteiger partial charge in [-0.25, -0.2) is 19.3 Å². The normalized spacial score (nSPS) is 10.7. The average Bonchev–Trinajstić information content (AvgIpc) is 2.89.